The smallest absolute Gasteiger partial charge is 0.160 e. The highest BCUT2D eigenvalue weighted by molar-refractivity contribution is 6.22. The summed E-state index contributed by atoms with van der Waals surface area (Å²) < 4.78 is 8.62. The van der Waals surface area contributed by atoms with Crippen LogP contribution in [0.4, 0.5) is 11.4 Å². The van der Waals surface area contributed by atoms with E-state index in [-0.39, 0.29) is 29.5 Å². The molecule has 0 saturated carbocycles. The lowest BCUT2D eigenvalue weighted by Crippen LogP contribution is -2.29. The molecule has 0 bridgehead atoms. The monoisotopic (exact) mass is 678 g/mol. The van der Waals surface area contributed by atoms with Crippen LogP contribution in [0.25, 0.3) is 49.4 Å². The van der Waals surface area contributed by atoms with Crippen molar-refractivity contribution in [3.8, 4) is 24.3 Å². The van der Waals surface area contributed by atoms with Crippen LogP contribution in [0.3, 0.4) is 0 Å². The molecule has 3 heterocycles. The Morgan fingerprint density at radius 1 is 0.660 bits per heavy atom. The summed E-state index contributed by atoms with van der Waals surface area (Å²) in [4.78, 5) is 2.08. The van der Waals surface area contributed by atoms with Crippen LogP contribution in [-0.4, -0.2) is 10.6 Å². The molecule has 0 spiro atoms. The number of nitrogens with zero attached hydrogens (tertiary/aromatic N) is 6. The van der Waals surface area contributed by atoms with Crippen molar-refractivity contribution in [1.82, 2.24) is 4.57 Å². The van der Waals surface area contributed by atoms with Gasteiger partial charge in [0.25, 0.3) is 0 Å². The second kappa shape index (κ2) is 11.5. The van der Waals surface area contributed by atoms with E-state index in [0.717, 1.165) is 55.0 Å². The highest BCUT2D eigenvalue weighted by Crippen LogP contribution is 2.50. The lowest BCUT2D eigenvalue weighted by Gasteiger charge is -2.31. The fraction of sp³-hybridized carbons (Fsp3) is 0.0870. The predicted molar refractivity (Wildman–Crippen MR) is 206 cm³/mol. The Morgan fingerprint density at radius 2 is 1.42 bits per heavy atom. The number of benzene rings is 5. The van der Waals surface area contributed by atoms with E-state index in [2.05, 4.69) is 76.2 Å². The van der Waals surface area contributed by atoms with Crippen LogP contribution in [0, 0.1) is 45.3 Å². The van der Waals surface area contributed by atoms with Crippen molar-refractivity contribution in [2.24, 2.45) is 0 Å². The minimum Gasteiger partial charge on any atom is -0.454 e. The molecule has 53 heavy (non-hydrogen) atoms. The summed E-state index contributed by atoms with van der Waals surface area (Å²) in [6.45, 7) is 0. The summed E-state index contributed by atoms with van der Waals surface area (Å²) in [5.41, 5.74) is 8.27. The van der Waals surface area contributed by atoms with Gasteiger partial charge in [-0.1, -0.05) is 91.0 Å². The van der Waals surface area contributed by atoms with Gasteiger partial charge in [-0.15, -0.1) is 0 Å². The molecule has 0 fully saturated rings. The van der Waals surface area contributed by atoms with Gasteiger partial charge in [-0.25, -0.2) is 0 Å². The Morgan fingerprint density at radius 3 is 2.25 bits per heavy atom. The molecule has 7 heteroatoms. The zero-order valence-electron chi connectivity index (χ0n) is 28.2. The number of hydrogen-bond donors (Lipinski definition) is 0. The number of nitriles is 4. The number of rotatable bonds is 3. The Hall–Kier alpha value is -7.58. The van der Waals surface area contributed by atoms with E-state index in [1.807, 2.05) is 78.9 Å². The third kappa shape index (κ3) is 4.17. The van der Waals surface area contributed by atoms with Gasteiger partial charge >= 0.3 is 0 Å². The maximum Gasteiger partial charge on any atom is 0.160 e. The molecule has 2 unspecified atom stereocenters. The van der Waals surface area contributed by atoms with E-state index < -0.39 is 5.92 Å². The standard InChI is InChI=1S/C46H26N6O/c47-23-28-21-27(17-20-38(28)52-41-15-7-3-11-32(41)34-18-19-35-33-12-4-8-16-43(33)53-46(35)45(34)52)44-29(24-48)22-42(36(25-49)37(44)26-50)51-39-13-5-1-9-30(39)31-10-2-6-14-40(31)51/h1-20,22,27,30,39H,21H2/t27-,30?,39?/m0/s1. The molecule has 0 saturated heterocycles. The molecule has 3 atom stereocenters. The molecule has 246 valence electrons. The summed E-state index contributed by atoms with van der Waals surface area (Å²) in [5.74, 6) is -0.419. The van der Waals surface area contributed by atoms with E-state index >= 15 is 0 Å². The van der Waals surface area contributed by atoms with Crippen molar-refractivity contribution in [1.29, 1.82) is 21.0 Å². The Labute approximate surface area is 304 Å². The predicted octanol–water partition coefficient (Wildman–Crippen LogP) is 10.5. The number of fused-ring (bicyclic) bond motifs is 10. The minimum absolute atomic E-state index is 0.0724. The van der Waals surface area contributed by atoms with E-state index in [1.54, 1.807) is 6.07 Å². The van der Waals surface area contributed by atoms with Gasteiger partial charge in [-0.05, 0) is 54.0 Å². The first-order chi connectivity index (χ1) is 26.1. The minimum atomic E-state index is -0.491. The van der Waals surface area contributed by atoms with Gasteiger partial charge in [0.2, 0.25) is 0 Å². The fourth-order valence-electron chi connectivity index (χ4n) is 8.84. The molecular formula is C46H26N6O. The van der Waals surface area contributed by atoms with Crippen LogP contribution < -0.4 is 4.90 Å². The summed E-state index contributed by atoms with van der Waals surface area (Å²) >= 11 is 0. The first kappa shape index (κ1) is 30.3. The molecule has 0 radical (unpaired) electrons. The first-order valence-electron chi connectivity index (χ1n) is 17.4. The fourth-order valence-corrected chi connectivity index (χ4v) is 8.84. The van der Waals surface area contributed by atoms with Gasteiger partial charge < -0.3 is 13.9 Å². The topological polar surface area (TPSA) is 116 Å². The average Bonchev–Trinajstić information content (AvgIpc) is 3.87. The lowest BCUT2D eigenvalue weighted by molar-refractivity contribution is 0.671. The Kier molecular flexibility index (Phi) is 6.55. The summed E-state index contributed by atoms with van der Waals surface area (Å²) in [6, 6.07) is 39.5. The van der Waals surface area contributed by atoms with Gasteiger partial charge in [-0.2, -0.15) is 21.0 Å². The largest absolute Gasteiger partial charge is 0.454 e. The lowest BCUT2D eigenvalue weighted by atomic mass is 9.81. The Balaban J connectivity index is 1.15. The van der Waals surface area contributed by atoms with E-state index in [4.69, 9.17) is 4.42 Å². The normalized spacial score (nSPS) is 18.6. The molecule has 3 aliphatic rings. The number of para-hydroxylation sites is 3. The number of anilines is 2. The van der Waals surface area contributed by atoms with E-state index in [0.29, 0.717) is 28.1 Å². The summed E-state index contributed by atoms with van der Waals surface area (Å²) in [5, 5.41) is 46.9. The maximum absolute atomic E-state index is 10.8. The molecule has 2 aromatic heterocycles. The van der Waals surface area contributed by atoms with Crippen LogP contribution in [0.1, 0.15) is 46.1 Å². The highest BCUT2D eigenvalue weighted by Gasteiger charge is 2.39. The first-order valence-corrected chi connectivity index (χ1v) is 17.4. The molecule has 7 aromatic rings. The summed E-state index contributed by atoms with van der Waals surface area (Å²) in [6.07, 6.45) is 12.4. The molecule has 0 amide bonds. The van der Waals surface area contributed by atoms with E-state index in [1.165, 1.54) is 0 Å². The zero-order valence-corrected chi connectivity index (χ0v) is 28.2. The molecular weight excluding hydrogens is 653 g/mol. The van der Waals surface area contributed by atoms with E-state index in [9.17, 15) is 21.0 Å². The van der Waals surface area contributed by atoms with Gasteiger partial charge in [0.15, 0.2) is 5.58 Å². The SMILES string of the molecule is N#CC1=C(n2c3ccccc3c3ccc4c5ccccc5oc4c32)C=C[C@H](c2c(C#N)cc(N3c4ccccc4C4C=CC=CC43)c(C#N)c2C#N)C1. The third-order valence-corrected chi connectivity index (χ3v) is 11.1. The number of allylic oxidation sites excluding steroid dienone is 6. The maximum atomic E-state index is 10.8. The second-order valence-electron chi connectivity index (χ2n) is 13.6. The quantitative estimate of drug-likeness (QED) is 0.184. The van der Waals surface area contributed by atoms with Gasteiger partial charge in [0, 0.05) is 39.1 Å². The van der Waals surface area contributed by atoms with Gasteiger partial charge in [0.1, 0.15) is 17.7 Å². The van der Waals surface area contributed by atoms with Crippen LogP contribution in [0.2, 0.25) is 0 Å². The van der Waals surface area contributed by atoms with Crippen molar-refractivity contribution < 1.29 is 4.42 Å². The number of aromatic nitrogens is 1. The van der Waals surface area contributed by atoms with Crippen LogP contribution in [0.15, 0.2) is 137 Å². The zero-order chi connectivity index (χ0) is 35.8. The molecule has 10 rings (SSSR count). The molecule has 5 aromatic carbocycles. The molecule has 1 aliphatic heterocycles. The molecule has 7 nitrogen and oxygen atoms in total. The van der Waals surface area contributed by atoms with Crippen LogP contribution >= 0.6 is 0 Å². The van der Waals surface area contributed by atoms with Crippen LogP contribution in [0.5, 0.6) is 0 Å². The average molecular weight is 679 g/mol. The summed E-state index contributed by atoms with van der Waals surface area (Å²) in [7, 11) is 0. The molecule has 0 N–H and O–H groups in total. The van der Waals surface area contributed by atoms with Crippen molar-refractivity contribution in [2.75, 3.05) is 4.90 Å². The molecule has 2 aliphatic carbocycles. The van der Waals surface area contributed by atoms with Crippen molar-refractivity contribution >= 4 is 60.8 Å². The number of furan rings is 1. The van der Waals surface area contributed by atoms with Crippen molar-refractivity contribution in [3.05, 3.63) is 161 Å². The van der Waals surface area contributed by atoms with Crippen molar-refractivity contribution in [2.45, 2.75) is 24.3 Å². The second-order valence-corrected chi connectivity index (χ2v) is 13.6. The number of hydrogen-bond acceptors (Lipinski definition) is 6. The van der Waals surface area contributed by atoms with Gasteiger partial charge in [0.05, 0.1) is 62.9 Å². The van der Waals surface area contributed by atoms with Crippen LogP contribution in [-0.2, 0) is 0 Å². The third-order valence-electron chi connectivity index (χ3n) is 11.1. The Bertz CT molecular complexity index is 3070. The van der Waals surface area contributed by atoms with Gasteiger partial charge in [-0.3, -0.25) is 0 Å². The van der Waals surface area contributed by atoms with Crippen molar-refractivity contribution in [3.63, 3.8) is 0 Å². The highest BCUT2D eigenvalue weighted by atomic mass is 16.3.